The van der Waals surface area contributed by atoms with E-state index < -0.39 is 0 Å². The van der Waals surface area contributed by atoms with Gasteiger partial charge in [-0.25, -0.2) is 9.97 Å². The summed E-state index contributed by atoms with van der Waals surface area (Å²) in [6.07, 6.45) is 1.94. The molecule has 4 aromatic rings. The predicted molar refractivity (Wildman–Crippen MR) is 110 cm³/mol. The number of hydrogen-bond acceptors (Lipinski definition) is 6. The zero-order chi connectivity index (χ0) is 19.3. The lowest BCUT2D eigenvalue weighted by Crippen LogP contribution is -2.33. The summed E-state index contributed by atoms with van der Waals surface area (Å²) in [7, 11) is 0. The largest absolute Gasteiger partial charge is 0.440 e. The van der Waals surface area contributed by atoms with Gasteiger partial charge in [-0.3, -0.25) is 14.1 Å². The first-order valence-electron chi connectivity index (χ1n) is 9.32. The second-order valence-electron chi connectivity index (χ2n) is 7.30. The number of aryl methyl sites for hydroxylation is 1. The molecule has 6 nitrogen and oxygen atoms in total. The third-order valence-electron chi connectivity index (χ3n) is 5.32. The maximum absolute atomic E-state index is 12.4. The van der Waals surface area contributed by atoms with Crippen LogP contribution < -0.4 is 5.56 Å². The zero-order valence-electron chi connectivity index (χ0n) is 15.4. The summed E-state index contributed by atoms with van der Waals surface area (Å²) in [4.78, 5) is 24.7. The van der Waals surface area contributed by atoms with Crippen molar-refractivity contribution in [3.8, 4) is 0 Å². The summed E-state index contributed by atoms with van der Waals surface area (Å²) in [6, 6.07) is 7.19. The molecule has 0 aliphatic carbocycles. The minimum atomic E-state index is -0.00114. The van der Waals surface area contributed by atoms with E-state index in [9.17, 15) is 4.79 Å². The first-order valence-corrected chi connectivity index (χ1v) is 10.6. The van der Waals surface area contributed by atoms with Crippen molar-refractivity contribution in [1.82, 2.24) is 19.3 Å². The van der Waals surface area contributed by atoms with Gasteiger partial charge in [0.25, 0.3) is 5.56 Å². The number of thiazole rings is 1. The number of aromatic nitrogens is 3. The number of benzene rings is 1. The summed E-state index contributed by atoms with van der Waals surface area (Å²) in [6.45, 7) is 4.47. The van der Waals surface area contributed by atoms with E-state index >= 15 is 0 Å². The number of likely N-dealkylation sites (tertiary alicyclic amines) is 1. The molecule has 1 aliphatic heterocycles. The van der Waals surface area contributed by atoms with E-state index in [4.69, 9.17) is 16.0 Å². The lowest BCUT2D eigenvalue weighted by Gasteiger charge is -2.30. The van der Waals surface area contributed by atoms with E-state index in [0.29, 0.717) is 17.5 Å². The molecule has 0 unspecified atom stereocenters. The molecule has 4 heterocycles. The summed E-state index contributed by atoms with van der Waals surface area (Å²) in [5.74, 6) is 1.10. The van der Waals surface area contributed by atoms with E-state index in [-0.39, 0.29) is 5.56 Å². The van der Waals surface area contributed by atoms with Gasteiger partial charge < -0.3 is 4.42 Å². The van der Waals surface area contributed by atoms with E-state index in [1.54, 1.807) is 10.5 Å². The molecule has 0 bridgehead atoms. The number of halogens is 1. The van der Waals surface area contributed by atoms with Gasteiger partial charge in [0.15, 0.2) is 16.4 Å². The van der Waals surface area contributed by atoms with Gasteiger partial charge in [-0.1, -0.05) is 11.6 Å². The van der Waals surface area contributed by atoms with Gasteiger partial charge in [-0.05, 0) is 51.1 Å². The quantitative estimate of drug-likeness (QED) is 0.501. The smallest absolute Gasteiger partial charge is 0.259 e. The third kappa shape index (κ3) is 3.23. The van der Waals surface area contributed by atoms with Gasteiger partial charge in [0.05, 0.1) is 5.69 Å². The molecule has 5 rings (SSSR count). The van der Waals surface area contributed by atoms with Crippen LogP contribution in [0.15, 0.2) is 38.9 Å². The maximum atomic E-state index is 12.4. The monoisotopic (exact) mass is 414 g/mol. The number of hydrogen-bond donors (Lipinski definition) is 0. The van der Waals surface area contributed by atoms with Crippen LogP contribution in [0, 0.1) is 6.92 Å². The minimum absolute atomic E-state index is 0.00114. The maximum Gasteiger partial charge on any atom is 0.259 e. The molecule has 0 spiro atoms. The Kier molecular flexibility index (Phi) is 4.45. The van der Waals surface area contributed by atoms with Gasteiger partial charge in [0.1, 0.15) is 5.52 Å². The lowest BCUT2D eigenvalue weighted by molar-refractivity contribution is 0.192. The molecular formula is C20H19ClN4O2S. The standard InChI is InChI=1S/C20H19ClN4O2S/c1-12-11-28-20-22-15(9-18(26)25(12)20)10-24-6-4-13(5-7-24)19-23-16-8-14(21)2-3-17(16)27-19/h2-3,8-9,11,13H,4-7,10H2,1H3. The van der Waals surface area contributed by atoms with Crippen LogP contribution in [0.1, 0.15) is 36.0 Å². The number of nitrogens with zero attached hydrogens (tertiary/aromatic N) is 4. The molecule has 1 aliphatic rings. The van der Waals surface area contributed by atoms with Gasteiger partial charge in [-0.15, -0.1) is 11.3 Å². The fraction of sp³-hybridized carbons (Fsp3) is 0.350. The van der Waals surface area contributed by atoms with Crippen LogP contribution in [0.5, 0.6) is 0 Å². The normalized spacial score (nSPS) is 16.4. The van der Waals surface area contributed by atoms with Gasteiger partial charge in [0.2, 0.25) is 0 Å². The fourth-order valence-electron chi connectivity index (χ4n) is 3.84. The summed E-state index contributed by atoms with van der Waals surface area (Å²) < 4.78 is 7.61. The average Bonchev–Trinajstić information content (AvgIpc) is 3.26. The molecule has 144 valence electrons. The highest BCUT2D eigenvalue weighted by Crippen LogP contribution is 2.31. The first-order chi connectivity index (χ1) is 13.6. The second kappa shape index (κ2) is 6.99. The number of fused-ring (bicyclic) bond motifs is 2. The number of rotatable bonds is 3. The SMILES string of the molecule is Cc1csc2nc(CN3CCC(c4nc5cc(Cl)ccc5o4)CC3)cc(=O)n12. The molecule has 0 N–H and O–H groups in total. The second-order valence-corrected chi connectivity index (χ2v) is 8.57. The van der Waals surface area contributed by atoms with Crippen LogP contribution in [0.25, 0.3) is 16.1 Å². The Morgan fingerprint density at radius 1 is 1.25 bits per heavy atom. The van der Waals surface area contributed by atoms with Crippen LogP contribution in [0.3, 0.4) is 0 Å². The van der Waals surface area contributed by atoms with E-state index in [2.05, 4.69) is 14.9 Å². The van der Waals surface area contributed by atoms with Gasteiger partial charge in [0, 0.05) is 34.6 Å². The van der Waals surface area contributed by atoms with E-state index in [1.807, 2.05) is 30.5 Å². The fourth-order valence-corrected chi connectivity index (χ4v) is 4.90. The lowest BCUT2D eigenvalue weighted by atomic mass is 9.96. The Morgan fingerprint density at radius 2 is 2.07 bits per heavy atom. The van der Waals surface area contributed by atoms with Crippen molar-refractivity contribution in [2.45, 2.75) is 32.2 Å². The highest BCUT2D eigenvalue weighted by atomic mass is 35.5. The van der Waals surface area contributed by atoms with E-state index in [1.165, 1.54) is 11.3 Å². The van der Waals surface area contributed by atoms with Crippen LogP contribution >= 0.6 is 22.9 Å². The van der Waals surface area contributed by atoms with Crippen molar-refractivity contribution in [3.63, 3.8) is 0 Å². The minimum Gasteiger partial charge on any atom is -0.440 e. The van der Waals surface area contributed by atoms with Crippen LogP contribution in [-0.4, -0.2) is 32.4 Å². The van der Waals surface area contributed by atoms with Crippen molar-refractivity contribution in [3.05, 3.63) is 62.3 Å². The van der Waals surface area contributed by atoms with Crippen molar-refractivity contribution in [2.75, 3.05) is 13.1 Å². The molecule has 1 fully saturated rings. The van der Waals surface area contributed by atoms with E-state index in [0.717, 1.165) is 59.3 Å². The van der Waals surface area contributed by atoms with Crippen LogP contribution in [-0.2, 0) is 6.54 Å². The Hall–Kier alpha value is -2.22. The topological polar surface area (TPSA) is 63.6 Å². The molecule has 28 heavy (non-hydrogen) atoms. The van der Waals surface area contributed by atoms with Crippen molar-refractivity contribution in [2.24, 2.45) is 0 Å². The zero-order valence-corrected chi connectivity index (χ0v) is 17.0. The highest BCUT2D eigenvalue weighted by molar-refractivity contribution is 7.15. The molecule has 1 saturated heterocycles. The molecular weight excluding hydrogens is 396 g/mol. The predicted octanol–water partition coefficient (Wildman–Crippen LogP) is 4.24. The highest BCUT2D eigenvalue weighted by Gasteiger charge is 2.25. The number of oxazole rings is 1. The molecule has 8 heteroatoms. The van der Waals surface area contributed by atoms with Crippen molar-refractivity contribution < 1.29 is 4.42 Å². The van der Waals surface area contributed by atoms with Gasteiger partial charge >= 0.3 is 0 Å². The summed E-state index contributed by atoms with van der Waals surface area (Å²) in [5.41, 5.74) is 3.37. The molecule has 0 saturated carbocycles. The summed E-state index contributed by atoms with van der Waals surface area (Å²) in [5, 5.41) is 2.63. The van der Waals surface area contributed by atoms with Crippen molar-refractivity contribution in [1.29, 1.82) is 0 Å². The van der Waals surface area contributed by atoms with Crippen LogP contribution in [0.4, 0.5) is 0 Å². The third-order valence-corrected chi connectivity index (χ3v) is 6.50. The van der Waals surface area contributed by atoms with Gasteiger partial charge in [-0.2, -0.15) is 0 Å². The molecule has 0 amide bonds. The molecule has 1 aromatic carbocycles. The Bertz CT molecular complexity index is 1220. The first kappa shape index (κ1) is 17.8. The Balaban J connectivity index is 1.28. The molecule has 0 atom stereocenters. The summed E-state index contributed by atoms with van der Waals surface area (Å²) >= 11 is 7.55. The van der Waals surface area contributed by atoms with Crippen LogP contribution in [0.2, 0.25) is 5.02 Å². The average molecular weight is 415 g/mol. The Morgan fingerprint density at radius 3 is 2.89 bits per heavy atom. The molecule has 0 radical (unpaired) electrons. The Labute approximate surface area is 170 Å². The molecule has 3 aromatic heterocycles. The van der Waals surface area contributed by atoms with Crippen molar-refractivity contribution >= 4 is 39.0 Å². The number of piperidine rings is 1.